The number of hydrogen-bond donors (Lipinski definition) is 0. The molecule has 2 aromatic carbocycles. The zero-order valence-corrected chi connectivity index (χ0v) is 19.2. The number of amides is 1. The molecule has 170 valence electrons. The molecule has 0 saturated heterocycles. The molecule has 4 rings (SSSR count). The maximum absolute atomic E-state index is 13.6. The first kappa shape index (κ1) is 22.3. The van der Waals surface area contributed by atoms with Gasteiger partial charge in [0.25, 0.3) is 5.91 Å². The van der Waals surface area contributed by atoms with Crippen LogP contribution in [-0.4, -0.2) is 29.6 Å². The van der Waals surface area contributed by atoms with Crippen molar-refractivity contribution in [2.75, 3.05) is 14.2 Å². The number of hydrogen-bond acceptors (Lipinski definition) is 4. The van der Waals surface area contributed by atoms with Gasteiger partial charge in [0.05, 0.1) is 33.6 Å². The Morgan fingerprint density at radius 2 is 1.67 bits per heavy atom. The highest BCUT2D eigenvalue weighted by atomic mass is 16.5. The predicted octanol–water partition coefficient (Wildman–Crippen LogP) is 5.30. The zero-order valence-electron chi connectivity index (χ0n) is 19.2. The number of methoxy groups -OCH3 is 2. The van der Waals surface area contributed by atoms with Crippen molar-refractivity contribution in [3.05, 3.63) is 107 Å². The van der Waals surface area contributed by atoms with Crippen molar-refractivity contribution in [3.63, 3.8) is 0 Å². The second-order valence-electron chi connectivity index (χ2n) is 7.95. The zero-order chi connectivity index (χ0) is 23.2. The SMILES string of the molecule is COc1cc(OC)cc(C(=O)N(Cc2ccco2)Cc2cccn2Cc2ccc(C)cc2)c1. The molecular weight excluding hydrogens is 416 g/mol. The number of furan rings is 1. The van der Waals surface area contributed by atoms with Crippen molar-refractivity contribution in [2.45, 2.75) is 26.6 Å². The summed E-state index contributed by atoms with van der Waals surface area (Å²) in [4.78, 5) is 15.4. The smallest absolute Gasteiger partial charge is 0.254 e. The molecule has 0 bridgehead atoms. The van der Waals surface area contributed by atoms with Crippen molar-refractivity contribution < 1.29 is 18.7 Å². The Morgan fingerprint density at radius 1 is 0.939 bits per heavy atom. The summed E-state index contributed by atoms with van der Waals surface area (Å²) in [5, 5.41) is 0. The predicted molar refractivity (Wildman–Crippen MR) is 127 cm³/mol. The summed E-state index contributed by atoms with van der Waals surface area (Å²) in [7, 11) is 3.14. The van der Waals surface area contributed by atoms with E-state index in [4.69, 9.17) is 13.9 Å². The van der Waals surface area contributed by atoms with Crippen molar-refractivity contribution in [2.24, 2.45) is 0 Å². The van der Waals surface area contributed by atoms with Gasteiger partial charge in [0, 0.05) is 30.1 Å². The third-order valence-corrected chi connectivity index (χ3v) is 5.56. The van der Waals surface area contributed by atoms with Crippen LogP contribution in [0.5, 0.6) is 11.5 Å². The molecule has 0 aliphatic carbocycles. The molecule has 2 aromatic heterocycles. The van der Waals surface area contributed by atoms with Gasteiger partial charge in [0.1, 0.15) is 17.3 Å². The fourth-order valence-electron chi connectivity index (χ4n) is 3.74. The Hall–Kier alpha value is -3.93. The molecule has 0 aliphatic heterocycles. The maximum Gasteiger partial charge on any atom is 0.254 e. The molecule has 0 unspecified atom stereocenters. The molecule has 0 spiro atoms. The third-order valence-electron chi connectivity index (χ3n) is 5.56. The number of aryl methyl sites for hydroxylation is 1. The van der Waals surface area contributed by atoms with Crippen molar-refractivity contribution >= 4 is 5.91 Å². The molecule has 4 aromatic rings. The Kier molecular flexibility index (Phi) is 6.83. The number of rotatable bonds is 9. The van der Waals surface area contributed by atoms with Gasteiger partial charge >= 0.3 is 0 Å². The molecule has 1 amide bonds. The number of carbonyl (C=O) groups is 1. The molecule has 0 saturated carbocycles. The van der Waals surface area contributed by atoms with Gasteiger partial charge in [-0.1, -0.05) is 29.8 Å². The average molecular weight is 445 g/mol. The monoisotopic (exact) mass is 444 g/mol. The Morgan fingerprint density at radius 3 is 2.30 bits per heavy atom. The van der Waals surface area contributed by atoms with Crippen molar-refractivity contribution in [3.8, 4) is 11.5 Å². The Balaban J connectivity index is 1.62. The van der Waals surface area contributed by atoms with Crippen molar-refractivity contribution in [1.82, 2.24) is 9.47 Å². The largest absolute Gasteiger partial charge is 0.497 e. The molecule has 0 radical (unpaired) electrons. The van der Waals surface area contributed by atoms with Gasteiger partial charge in [0.15, 0.2) is 0 Å². The lowest BCUT2D eigenvalue weighted by molar-refractivity contribution is 0.0713. The van der Waals surface area contributed by atoms with E-state index in [1.807, 2.05) is 30.5 Å². The first-order chi connectivity index (χ1) is 16.1. The second kappa shape index (κ2) is 10.1. The summed E-state index contributed by atoms with van der Waals surface area (Å²) >= 11 is 0. The minimum Gasteiger partial charge on any atom is -0.497 e. The van der Waals surface area contributed by atoms with Gasteiger partial charge in [-0.15, -0.1) is 0 Å². The van der Waals surface area contributed by atoms with Crippen LogP contribution < -0.4 is 9.47 Å². The highest BCUT2D eigenvalue weighted by molar-refractivity contribution is 5.95. The van der Waals surface area contributed by atoms with Gasteiger partial charge < -0.3 is 23.4 Å². The van der Waals surface area contributed by atoms with E-state index in [1.54, 1.807) is 43.6 Å². The van der Waals surface area contributed by atoms with Crippen LogP contribution in [0.4, 0.5) is 0 Å². The van der Waals surface area contributed by atoms with E-state index in [0.717, 1.165) is 18.0 Å². The minimum absolute atomic E-state index is 0.133. The van der Waals surface area contributed by atoms with Crippen LogP contribution in [0, 0.1) is 6.92 Å². The first-order valence-corrected chi connectivity index (χ1v) is 10.8. The molecule has 2 heterocycles. The highest BCUT2D eigenvalue weighted by Gasteiger charge is 2.21. The summed E-state index contributed by atoms with van der Waals surface area (Å²) in [6.07, 6.45) is 3.66. The molecule has 0 atom stereocenters. The number of nitrogens with zero attached hydrogens (tertiary/aromatic N) is 2. The average Bonchev–Trinajstić information content (AvgIpc) is 3.51. The van der Waals surface area contributed by atoms with E-state index in [-0.39, 0.29) is 5.91 Å². The van der Waals surface area contributed by atoms with Gasteiger partial charge in [0.2, 0.25) is 0 Å². The normalized spacial score (nSPS) is 10.8. The van der Waals surface area contributed by atoms with E-state index in [9.17, 15) is 4.79 Å². The maximum atomic E-state index is 13.6. The third kappa shape index (κ3) is 5.47. The van der Waals surface area contributed by atoms with Crippen LogP contribution in [-0.2, 0) is 19.6 Å². The van der Waals surface area contributed by atoms with Gasteiger partial charge in [-0.3, -0.25) is 4.79 Å². The Bertz CT molecular complexity index is 1170. The van der Waals surface area contributed by atoms with E-state index in [1.165, 1.54) is 11.1 Å². The van der Waals surface area contributed by atoms with Crippen molar-refractivity contribution in [1.29, 1.82) is 0 Å². The van der Waals surface area contributed by atoms with Crippen LogP contribution in [0.25, 0.3) is 0 Å². The molecule has 0 N–H and O–H groups in total. The fraction of sp³-hybridized carbons (Fsp3) is 0.222. The Labute approximate surface area is 194 Å². The van der Waals surface area contributed by atoms with Crippen LogP contribution in [0.2, 0.25) is 0 Å². The minimum atomic E-state index is -0.133. The molecular formula is C27H28N2O4. The second-order valence-corrected chi connectivity index (χ2v) is 7.95. The molecule has 0 fully saturated rings. The first-order valence-electron chi connectivity index (χ1n) is 10.8. The summed E-state index contributed by atoms with van der Waals surface area (Å²) in [5.74, 6) is 1.72. The van der Waals surface area contributed by atoms with Gasteiger partial charge in [-0.2, -0.15) is 0 Å². The molecule has 33 heavy (non-hydrogen) atoms. The van der Waals surface area contributed by atoms with Crippen LogP contribution in [0.15, 0.2) is 83.6 Å². The fourth-order valence-corrected chi connectivity index (χ4v) is 3.74. The van der Waals surface area contributed by atoms with Crippen LogP contribution >= 0.6 is 0 Å². The number of carbonyl (C=O) groups excluding carboxylic acids is 1. The number of ether oxygens (including phenoxy) is 2. The summed E-state index contributed by atoms with van der Waals surface area (Å²) < 4.78 is 18.4. The topological polar surface area (TPSA) is 56.8 Å². The lowest BCUT2D eigenvalue weighted by Gasteiger charge is -2.23. The highest BCUT2D eigenvalue weighted by Crippen LogP contribution is 2.25. The van der Waals surface area contributed by atoms with Gasteiger partial charge in [-0.05, 0) is 48.9 Å². The standard InChI is InChI=1S/C27H28N2O4/c1-20-8-10-21(11-9-20)17-28-12-4-6-23(28)18-29(19-24-7-5-13-33-24)27(30)22-14-25(31-2)16-26(15-22)32-3/h4-16H,17-19H2,1-3H3. The summed E-state index contributed by atoms with van der Waals surface area (Å²) in [6.45, 7) is 3.59. The van der Waals surface area contributed by atoms with E-state index in [2.05, 4.69) is 35.8 Å². The van der Waals surface area contributed by atoms with Gasteiger partial charge in [-0.25, -0.2) is 0 Å². The van der Waals surface area contributed by atoms with E-state index >= 15 is 0 Å². The molecule has 0 aliphatic rings. The lowest BCUT2D eigenvalue weighted by Crippen LogP contribution is -2.31. The van der Waals surface area contributed by atoms with E-state index < -0.39 is 0 Å². The van der Waals surface area contributed by atoms with Crippen LogP contribution in [0.1, 0.15) is 32.9 Å². The number of benzene rings is 2. The quantitative estimate of drug-likeness (QED) is 0.352. The lowest BCUT2D eigenvalue weighted by atomic mass is 10.1. The molecule has 6 heteroatoms. The van der Waals surface area contributed by atoms with E-state index in [0.29, 0.717) is 30.2 Å². The summed E-state index contributed by atoms with van der Waals surface area (Å²) in [5.41, 5.74) is 3.97. The summed E-state index contributed by atoms with van der Waals surface area (Å²) in [6, 6.07) is 21.4. The van der Waals surface area contributed by atoms with Crippen LogP contribution in [0.3, 0.4) is 0 Å². The number of aromatic nitrogens is 1. The molecule has 6 nitrogen and oxygen atoms in total.